The van der Waals surface area contributed by atoms with Gasteiger partial charge in [0.25, 0.3) is 5.56 Å². The van der Waals surface area contributed by atoms with Gasteiger partial charge in [-0.1, -0.05) is 68.4 Å². The van der Waals surface area contributed by atoms with Crippen molar-refractivity contribution in [2.45, 2.75) is 39.2 Å². The number of aromatic nitrogens is 2. The standard InChI is InChI=1S/C25H25N3O2S/c1-3-16-10-12-18(13-11-16)19-15-31-24-22(19)25(30)28(20(4-2)23(26)29)21(27-24)14-17-8-6-5-7-9-17/h5-13,15,20H,3-4,14H2,1-2H3,(H2,26,29). The van der Waals surface area contributed by atoms with E-state index in [0.717, 1.165) is 23.1 Å². The van der Waals surface area contributed by atoms with E-state index >= 15 is 0 Å². The van der Waals surface area contributed by atoms with E-state index in [1.807, 2.05) is 54.8 Å². The predicted molar refractivity (Wildman–Crippen MR) is 126 cm³/mol. The summed E-state index contributed by atoms with van der Waals surface area (Å²) in [6.07, 6.45) is 1.84. The van der Waals surface area contributed by atoms with Gasteiger partial charge in [0.05, 0.1) is 5.39 Å². The van der Waals surface area contributed by atoms with E-state index in [4.69, 9.17) is 10.7 Å². The Bertz CT molecular complexity index is 1270. The number of rotatable bonds is 7. The molecule has 2 heterocycles. The zero-order chi connectivity index (χ0) is 22.0. The van der Waals surface area contributed by atoms with Crippen molar-refractivity contribution in [1.29, 1.82) is 0 Å². The van der Waals surface area contributed by atoms with Crippen molar-refractivity contribution in [2.75, 3.05) is 0 Å². The number of hydrogen-bond acceptors (Lipinski definition) is 4. The molecule has 1 atom stereocenters. The average molecular weight is 432 g/mol. The Hall–Kier alpha value is -3.25. The molecule has 0 fully saturated rings. The lowest BCUT2D eigenvalue weighted by atomic mass is 10.0. The molecule has 6 heteroatoms. The molecule has 0 aliphatic heterocycles. The van der Waals surface area contributed by atoms with Crippen LogP contribution in [0.3, 0.4) is 0 Å². The highest BCUT2D eigenvalue weighted by atomic mass is 32.1. The first kappa shape index (κ1) is 21.0. The van der Waals surface area contributed by atoms with Crippen molar-refractivity contribution >= 4 is 27.5 Å². The fourth-order valence-corrected chi connectivity index (χ4v) is 4.87. The summed E-state index contributed by atoms with van der Waals surface area (Å²) >= 11 is 1.45. The van der Waals surface area contributed by atoms with Crippen molar-refractivity contribution in [3.8, 4) is 11.1 Å². The van der Waals surface area contributed by atoms with Crippen molar-refractivity contribution < 1.29 is 4.79 Å². The molecule has 2 aromatic carbocycles. The maximum atomic E-state index is 13.7. The normalized spacial score (nSPS) is 12.2. The first-order valence-corrected chi connectivity index (χ1v) is 11.4. The van der Waals surface area contributed by atoms with Crippen LogP contribution in [0.25, 0.3) is 21.3 Å². The summed E-state index contributed by atoms with van der Waals surface area (Å²) in [6, 6.07) is 17.3. The number of carbonyl (C=O) groups excluding carboxylic acids is 1. The second-order valence-electron chi connectivity index (χ2n) is 7.57. The van der Waals surface area contributed by atoms with Crippen LogP contribution in [0.15, 0.2) is 64.8 Å². The maximum Gasteiger partial charge on any atom is 0.263 e. The van der Waals surface area contributed by atoms with Crippen LogP contribution in [0.1, 0.15) is 43.3 Å². The smallest absolute Gasteiger partial charge is 0.263 e. The molecule has 0 saturated carbocycles. The minimum Gasteiger partial charge on any atom is -0.368 e. The van der Waals surface area contributed by atoms with Gasteiger partial charge >= 0.3 is 0 Å². The lowest BCUT2D eigenvalue weighted by molar-refractivity contribution is -0.121. The van der Waals surface area contributed by atoms with Crippen LogP contribution in [0.5, 0.6) is 0 Å². The van der Waals surface area contributed by atoms with Crippen LogP contribution in [0.4, 0.5) is 0 Å². The first-order valence-electron chi connectivity index (χ1n) is 10.5. The number of aryl methyl sites for hydroxylation is 1. The number of thiophene rings is 1. The molecule has 1 amide bonds. The summed E-state index contributed by atoms with van der Waals surface area (Å²) in [5, 5.41) is 2.52. The number of benzene rings is 2. The molecule has 158 valence electrons. The maximum absolute atomic E-state index is 13.7. The minimum atomic E-state index is -0.738. The van der Waals surface area contributed by atoms with Crippen LogP contribution < -0.4 is 11.3 Å². The van der Waals surface area contributed by atoms with Gasteiger partial charge in [-0.05, 0) is 29.5 Å². The predicted octanol–water partition coefficient (Wildman–Crippen LogP) is 4.71. The van der Waals surface area contributed by atoms with Gasteiger partial charge in [-0.25, -0.2) is 4.98 Å². The van der Waals surface area contributed by atoms with Crippen molar-refractivity contribution in [1.82, 2.24) is 9.55 Å². The summed E-state index contributed by atoms with van der Waals surface area (Å²) in [7, 11) is 0. The minimum absolute atomic E-state index is 0.211. The second-order valence-corrected chi connectivity index (χ2v) is 8.43. The van der Waals surface area contributed by atoms with Crippen LogP contribution in [-0.4, -0.2) is 15.5 Å². The highest BCUT2D eigenvalue weighted by Gasteiger charge is 2.24. The fourth-order valence-electron chi connectivity index (χ4n) is 3.91. The number of nitrogens with two attached hydrogens (primary N) is 1. The summed E-state index contributed by atoms with van der Waals surface area (Å²) < 4.78 is 1.51. The Balaban J connectivity index is 1.94. The Labute approximate surface area is 185 Å². The van der Waals surface area contributed by atoms with E-state index in [0.29, 0.717) is 28.9 Å². The number of carbonyl (C=O) groups is 1. The van der Waals surface area contributed by atoms with E-state index in [2.05, 4.69) is 19.1 Å². The Morgan fingerprint density at radius 1 is 1.06 bits per heavy atom. The van der Waals surface area contributed by atoms with Crippen molar-refractivity contribution in [3.63, 3.8) is 0 Å². The molecular weight excluding hydrogens is 406 g/mol. The number of primary amides is 1. The van der Waals surface area contributed by atoms with E-state index in [1.165, 1.54) is 21.5 Å². The molecule has 4 aromatic rings. The van der Waals surface area contributed by atoms with Crippen molar-refractivity contribution in [2.24, 2.45) is 5.73 Å². The van der Waals surface area contributed by atoms with Crippen LogP contribution in [0, 0.1) is 0 Å². The van der Waals surface area contributed by atoms with E-state index in [9.17, 15) is 9.59 Å². The van der Waals surface area contributed by atoms with Crippen LogP contribution in [0.2, 0.25) is 0 Å². The molecule has 0 radical (unpaired) electrons. The third-order valence-electron chi connectivity index (χ3n) is 5.62. The first-order chi connectivity index (χ1) is 15.0. The van der Waals surface area contributed by atoms with Crippen molar-refractivity contribution in [3.05, 3.63) is 87.3 Å². The van der Waals surface area contributed by atoms with Crippen LogP contribution in [-0.2, 0) is 17.6 Å². The quantitative estimate of drug-likeness (QED) is 0.460. The number of nitrogens with zero attached hydrogens (tertiary/aromatic N) is 2. The molecule has 4 rings (SSSR count). The number of fused-ring (bicyclic) bond motifs is 1. The van der Waals surface area contributed by atoms with Crippen LogP contribution >= 0.6 is 11.3 Å². The fraction of sp³-hybridized carbons (Fsp3) is 0.240. The average Bonchev–Trinajstić information content (AvgIpc) is 3.21. The highest BCUT2D eigenvalue weighted by molar-refractivity contribution is 7.17. The molecule has 2 aromatic heterocycles. The summed E-state index contributed by atoms with van der Waals surface area (Å²) in [6.45, 7) is 3.97. The largest absolute Gasteiger partial charge is 0.368 e. The van der Waals surface area contributed by atoms with Gasteiger partial charge in [-0.15, -0.1) is 11.3 Å². The molecule has 0 bridgehead atoms. The molecule has 0 saturated heterocycles. The van der Waals surface area contributed by atoms with Gasteiger partial charge in [-0.2, -0.15) is 0 Å². The molecule has 0 aliphatic carbocycles. The summed E-state index contributed by atoms with van der Waals surface area (Å²) in [5.74, 6) is 0.0354. The lowest BCUT2D eigenvalue weighted by Gasteiger charge is -2.19. The molecule has 0 spiro atoms. The summed E-state index contributed by atoms with van der Waals surface area (Å²) in [5.41, 5.74) is 9.55. The van der Waals surface area contributed by atoms with Gasteiger partial charge in [0.15, 0.2) is 0 Å². The molecule has 1 unspecified atom stereocenters. The van der Waals surface area contributed by atoms with Gasteiger partial charge in [0, 0.05) is 17.4 Å². The Morgan fingerprint density at radius 2 is 1.77 bits per heavy atom. The number of amides is 1. The van der Waals surface area contributed by atoms with Gasteiger partial charge in [-0.3, -0.25) is 14.2 Å². The monoisotopic (exact) mass is 431 g/mol. The van der Waals surface area contributed by atoms with Gasteiger partial charge < -0.3 is 5.73 Å². The third-order valence-corrected chi connectivity index (χ3v) is 6.49. The summed E-state index contributed by atoms with van der Waals surface area (Å²) in [4.78, 5) is 31.5. The van der Waals surface area contributed by atoms with Gasteiger partial charge in [0.2, 0.25) is 5.91 Å². The zero-order valence-electron chi connectivity index (χ0n) is 17.7. The zero-order valence-corrected chi connectivity index (χ0v) is 18.5. The third kappa shape index (κ3) is 4.03. The lowest BCUT2D eigenvalue weighted by Crippen LogP contribution is -2.36. The van der Waals surface area contributed by atoms with E-state index in [1.54, 1.807) is 0 Å². The Morgan fingerprint density at radius 3 is 2.39 bits per heavy atom. The molecule has 0 aliphatic rings. The van der Waals surface area contributed by atoms with E-state index < -0.39 is 11.9 Å². The molecular formula is C25H25N3O2S. The molecule has 2 N–H and O–H groups in total. The van der Waals surface area contributed by atoms with Gasteiger partial charge in [0.1, 0.15) is 16.7 Å². The highest BCUT2D eigenvalue weighted by Crippen LogP contribution is 2.32. The molecule has 5 nitrogen and oxygen atoms in total. The van der Waals surface area contributed by atoms with E-state index in [-0.39, 0.29) is 5.56 Å². The number of hydrogen-bond donors (Lipinski definition) is 1. The topological polar surface area (TPSA) is 78.0 Å². The second kappa shape index (κ2) is 8.86. The SMILES string of the molecule is CCc1ccc(-c2csc3nc(Cc4ccccc4)n(C(CC)C(N)=O)c(=O)c23)cc1. The Kier molecular flexibility index (Phi) is 6.00. The molecule has 31 heavy (non-hydrogen) atoms.